The van der Waals surface area contributed by atoms with Crippen molar-refractivity contribution < 1.29 is 18.3 Å². The molecule has 0 N–H and O–H groups in total. The van der Waals surface area contributed by atoms with Crippen molar-refractivity contribution in [2.45, 2.75) is 31.3 Å². The predicted molar refractivity (Wildman–Crippen MR) is 151 cm³/mol. The van der Waals surface area contributed by atoms with E-state index in [2.05, 4.69) is 24.3 Å². The third kappa shape index (κ3) is 2.89. The summed E-state index contributed by atoms with van der Waals surface area (Å²) in [7, 11) is 0. The Morgan fingerprint density at radius 3 is 1.52 bits per heavy atom. The summed E-state index contributed by atoms with van der Waals surface area (Å²) in [5.41, 5.74) is 4.19. The molecule has 0 amide bonds. The van der Waals surface area contributed by atoms with Crippen molar-refractivity contribution in [2.24, 2.45) is 10.8 Å². The first kappa shape index (κ1) is 23.6. The zero-order chi connectivity index (χ0) is 27.1. The third-order valence-corrected chi connectivity index (χ3v) is 9.54. The highest BCUT2D eigenvalue weighted by atomic mass is 19.1. The van der Waals surface area contributed by atoms with E-state index < -0.39 is 16.4 Å². The zero-order valence-corrected chi connectivity index (χ0v) is 21.8. The molecule has 2 nitrogen and oxygen atoms in total. The second-order valence-corrected chi connectivity index (χ2v) is 11.4. The molecule has 0 bridgehead atoms. The van der Waals surface area contributed by atoms with E-state index in [0.29, 0.717) is 18.6 Å². The van der Waals surface area contributed by atoms with Crippen molar-refractivity contribution >= 4 is 28.3 Å². The van der Waals surface area contributed by atoms with Gasteiger partial charge in [0.2, 0.25) is 0 Å². The van der Waals surface area contributed by atoms with Gasteiger partial charge in [0.15, 0.2) is 11.4 Å². The Morgan fingerprint density at radius 1 is 0.525 bits per heavy atom. The molecule has 0 unspecified atom stereocenters. The molecular formula is C36H26F2O2. The molecular weight excluding hydrogens is 502 g/mol. The van der Waals surface area contributed by atoms with Crippen LogP contribution in [0.1, 0.15) is 47.9 Å². The van der Waals surface area contributed by atoms with Crippen molar-refractivity contribution in [1.82, 2.24) is 0 Å². The van der Waals surface area contributed by atoms with Gasteiger partial charge >= 0.3 is 0 Å². The number of benzene rings is 4. The molecule has 1 heterocycles. The number of ketones is 1. The Kier molecular flexibility index (Phi) is 4.78. The quantitative estimate of drug-likeness (QED) is 0.266. The molecule has 0 saturated heterocycles. The largest absolute Gasteiger partial charge is 0.477 e. The number of allylic oxidation sites excluding steroid dienone is 1. The molecule has 40 heavy (non-hydrogen) atoms. The first-order valence-electron chi connectivity index (χ1n) is 13.9. The Balaban J connectivity index is 1.52. The molecule has 2 fully saturated rings. The molecule has 4 aromatic carbocycles. The lowest BCUT2D eigenvalue weighted by Crippen LogP contribution is -2.66. The minimum atomic E-state index is -1.07. The van der Waals surface area contributed by atoms with Crippen LogP contribution in [0.4, 0.5) is 8.78 Å². The van der Waals surface area contributed by atoms with Crippen LogP contribution < -0.4 is 0 Å². The van der Waals surface area contributed by atoms with Gasteiger partial charge in [-0.25, -0.2) is 8.78 Å². The van der Waals surface area contributed by atoms with Crippen molar-refractivity contribution in [1.29, 1.82) is 0 Å². The fourth-order valence-corrected chi connectivity index (χ4v) is 7.67. The van der Waals surface area contributed by atoms with Crippen LogP contribution in [0.25, 0.3) is 22.5 Å². The summed E-state index contributed by atoms with van der Waals surface area (Å²) in [5.74, 6) is 0.138. The number of hydrogen-bond acceptors (Lipinski definition) is 2. The van der Waals surface area contributed by atoms with Gasteiger partial charge in [-0.2, -0.15) is 0 Å². The summed E-state index contributed by atoms with van der Waals surface area (Å²) < 4.78 is 35.3. The van der Waals surface area contributed by atoms with Crippen LogP contribution in [-0.4, -0.2) is 11.4 Å². The van der Waals surface area contributed by atoms with E-state index in [1.807, 2.05) is 48.5 Å². The van der Waals surface area contributed by atoms with Gasteiger partial charge in [-0.15, -0.1) is 0 Å². The first-order chi connectivity index (χ1) is 19.5. The smallest absolute Gasteiger partial charge is 0.188 e. The Labute approximate surface area is 231 Å². The van der Waals surface area contributed by atoms with Crippen molar-refractivity contribution in [3.8, 4) is 0 Å². The van der Waals surface area contributed by atoms with E-state index in [1.165, 1.54) is 24.3 Å². The minimum Gasteiger partial charge on any atom is -0.477 e. The zero-order valence-electron chi connectivity index (χ0n) is 21.8. The van der Waals surface area contributed by atoms with Crippen LogP contribution in [0.2, 0.25) is 0 Å². The fourth-order valence-electron chi connectivity index (χ4n) is 7.67. The summed E-state index contributed by atoms with van der Waals surface area (Å²) in [6.45, 7) is 0. The summed E-state index contributed by atoms with van der Waals surface area (Å²) in [6, 6.07) is 33.3. The molecule has 8 rings (SSSR count). The van der Waals surface area contributed by atoms with E-state index in [1.54, 1.807) is 12.1 Å². The summed E-state index contributed by atoms with van der Waals surface area (Å²) in [6.07, 6.45) is 2.83. The lowest BCUT2D eigenvalue weighted by Gasteiger charge is -2.60. The maximum Gasteiger partial charge on any atom is 0.188 e. The van der Waals surface area contributed by atoms with Crippen LogP contribution in [0.3, 0.4) is 0 Å². The van der Waals surface area contributed by atoms with E-state index in [4.69, 9.17) is 4.74 Å². The number of Topliss-reactive ketones (excluding diaryl/α,β-unsaturated/α-hetero) is 1. The molecule has 196 valence electrons. The van der Waals surface area contributed by atoms with Gasteiger partial charge in [-0.1, -0.05) is 72.8 Å². The van der Waals surface area contributed by atoms with E-state index in [9.17, 15) is 13.6 Å². The van der Waals surface area contributed by atoms with E-state index in [-0.39, 0.29) is 17.4 Å². The predicted octanol–water partition coefficient (Wildman–Crippen LogP) is 8.36. The van der Waals surface area contributed by atoms with Gasteiger partial charge in [-0.3, -0.25) is 4.79 Å². The average molecular weight is 529 g/mol. The van der Waals surface area contributed by atoms with Gasteiger partial charge in [0.05, 0.1) is 10.8 Å². The molecule has 2 saturated carbocycles. The summed E-state index contributed by atoms with van der Waals surface area (Å²) in [4.78, 5) is 14.9. The molecule has 0 radical (unpaired) electrons. The average Bonchev–Trinajstić information content (AvgIpc) is 3.74. The van der Waals surface area contributed by atoms with Crippen LogP contribution in [0, 0.1) is 22.5 Å². The monoisotopic (exact) mass is 528 g/mol. The summed E-state index contributed by atoms with van der Waals surface area (Å²) in [5, 5.41) is 0. The normalized spacial score (nSPS) is 25.8. The molecule has 4 aliphatic rings. The van der Waals surface area contributed by atoms with Crippen LogP contribution >= 0.6 is 0 Å². The van der Waals surface area contributed by atoms with Crippen LogP contribution in [0.15, 0.2) is 109 Å². The molecule has 0 aromatic heterocycles. The maximum atomic E-state index is 14.9. The molecule has 1 aliphatic heterocycles. The van der Waals surface area contributed by atoms with Crippen LogP contribution in [-0.2, 0) is 9.53 Å². The lowest BCUT2D eigenvalue weighted by atomic mass is 9.42. The van der Waals surface area contributed by atoms with Gasteiger partial charge in [0.1, 0.15) is 17.4 Å². The maximum absolute atomic E-state index is 14.9. The number of halogens is 2. The fraction of sp³-hybridized carbons (Fsp3) is 0.194. The minimum absolute atomic E-state index is 0.140. The van der Waals surface area contributed by atoms with Gasteiger partial charge in [0, 0.05) is 11.1 Å². The lowest BCUT2D eigenvalue weighted by molar-refractivity contribution is -0.160. The summed E-state index contributed by atoms with van der Waals surface area (Å²) >= 11 is 0. The molecule has 4 aromatic rings. The Morgan fingerprint density at radius 2 is 1.02 bits per heavy atom. The molecule has 2 atom stereocenters. The van der Waals surface area contributed by atoms with E-state index >= 15 is 0 Å². The first-order valence-corrected chi connectivity index (χ1v) is 13.9. The number of ether oxygens (including phenoxy) is 1. The number of hydrogen-bond donors (Lipinski definition) is 0. The Hall–Kier alpha value is -4.31. The SMILES string of the molecule is O=C1C2(CC2)C(c2ccccc2)=C(c2ccc(F)cc2)[C@]23CC[C@]12OC(c1ccc(F)cc1)=C3c1ccccc1. The number of carbonyl (C=O) groups excluding carboxylic acids is 1. The highest BCUT2D eigenvalue weighted by molar-refractivity contribution is 6.23. The molecule has 4 heteroatoms. The van der Waals surface area contributed by atoms with Gasteiger partial charge < -0.3 is 4.74 Å². The molecule has 3 aliphatic carbocycles. The third-order valence-electron chi connectivity index (χ3n) is 9.54. The number of rotatable bonds is 4. The van der Waals surface area contributed by atoms with Crippen molar-refractivity contribution in [2.75, 3.05) is 0 Å². The second-order valence-electron chi connectivity index (χ2n) is 11.4. The standard InChI is InChI=1S/C36H26F2O2/c37-27-15-11-25(12-16-27)30-29(23-7-3-1-4-8-23)34(19-20-34)33(39)36-22-21-35(30,36)31(24-9-5-2-6-10-24)32(40-36)26-13-17-28(38)18-14-26/h1-18H,19-22H2/t35-,36-/m0/s1. The molecule has 1 spiro atoms. The highest BCUT2D eigenvalue weighted by Gasteiger charge is 2.80. The van der Waals surface area contributed by atoms with Crippen molar-refractivity contribution in [3.63, 3.8) is 0 Å². The highest BCUT2D eigenvalue weighted by Crippen LogP contribution is 2.80. The second kappa shape index (κ2) is 8.11. The van der Waals surface area contributed by atoms with Gasteiger partial charge in [-0.05, 0) is 89.9 Å². The number of carbonyl (C=O) groups is 1. The van der Waals surface area contributed by atoms with Crippen LogP contribution in [0.5, 0.6) is 0 Å². The van der Waals surface area contributed by atoms with Gasteiger partial charge in [0.25, 0.3) is 0 Å². The van der Waals surface area contributed by atoms with Crippen molar-refractivity contribution in [3.05, 3.63) is 143 Å². The topological polar surface area (TPSA) is 26.3 Å². The van der Waals surface area contributed by atoms with E-state index in [0.717, 1.165) is 51.8 Å². The Bertz CT molecular complexity index is 1730.